The Morgan fingerprint density at radius 1 is 0.938 bits per heavy atom. The zero-order valence-electron chi connectivity index (χ0n) is 17.4. The van der Waals surface area contributed by atoms with Crippen LogP contribution in [0.4, 0.5) is 8.78 Å². The van der Waals surface area contributed by atoms with Crippen LogP contribution in [-0.2, 0) is 16.3 Å². The second-order valence-electron chi connectivity index (χ2n) is 7.46. The molecule has 0 saturated heterocycles. The number of benzene rings is 3. The third-order valence-corrected chi connectivity index (χ3v) is 6.37. The maximum absolute atomic E-state index is 12.8. The fourth-order valence-electron chi connectivity index (χ4n) is 3.60. The molecular weight excluding hydrogens is 434 g/mol. The van der Waals surface area contributed by atoms with Crippen LogP contribution in [0.25, 0.3) is 22.0 Å². The van der Waals surface area contributed by atoms with Gasteiger partial charge in [-0.1, -0.05) is 36.4 Å². The van der Waals surface area contributed by atoms with Gasteiger partial charge < -0.3 is 4.74 Å². The van der Waals surface area contributed by atoms with Gasteiger partial charge in [0.05, 0.1) is 16.1 Å². The van der Waals surface area contributed by atoms with Crippen LogP contribution >= 0.6 is 0 Å². The summed E-state index contributed by atoms with van der Waals surface area (Å²) in [7, 11) is -3.28. The highest BCUT2D eigenvalue weighted by Crippen LogP contribution is 2.30. The van der Waals surface area contributed by atoms with Crippen molar-refractivity contribution in [1.82, 2.24) is 10.2 Å². The van der Waals surface area contributed by atoms with Gasteiger partial charge in [0.25, 0.3) is 0 Å². The quantitative estimate of drug-likeness (QED) is 0.401. The Hall–Kier alpha value is -3.39. The van der Waals surface area contributed by atoms with Crippen LogP contribution in [0.2, 0.25) is 0 Å². The van der Waals surface area contributed by atoms with Gasteiger partial charge in [-0.25, -0.2) is 8.42 Å². The normalized spacial score (nSPS) is 11.8. The highest BCUT2D eigenvalue weighted by Gasteiger charge is 2.15. The molecule has 4 rings (SSSR count). The maximum Gasteiger partial charge on any atom is 0.387 e. The standard InChI is InChI=1S/C24H20F2N2O3S/c1-15-20(14-18-5-3-4-6-23(18)31-24(25)26)21-13-17(9-12-22(21)28-27-15)16-7-10-19(11-8-16)32(2,29)30/h3-13,24H,14H2,1-2H3. The zero-order valence-corrected chi connectivity index (χ0v) is 18.2. The molecule has 0 N–H and O–H groups in total. The van der Waals surface area contributed by atoms with Gasteiger partial charge in [0, 0.05) is 18.1 Å². The van der Waals surface area contributed by atoms with Crippen LogP contribution in [0.3, 0.4) is 0 Å². The Morgan fingerprint density at radius 3 is 2.31 bits per heavy atom. The molecule has 0 aliphatic carbocycles. The van der Waals surface area contributed by atoms with E-state index in [0.29, 0.717) is 23.2 Å². The highest BCUT2D eigenvalue weighted by molar-refractivity contribution is 7.90. The molecule has 4 aromatic rings. The number of rotatable bonds is 6. The average Bonchev–Trinajstić information content (AvgIpc) is 2.76. The third kappa shape index (κ3) is 4.60. The van der Waals surface area contributed by atoms with E-state index < -0.39 is 16.4 Å². The lowest BCUT2D eigenvalue weighted by molar-refractivity contribution is -0.0503. The van der Waals surface area contributed by atoms with Gasteiger partial charge >= 0.3 is 6.61 Å². The molecule has 3 aromatic carbocycles. The molecule has 0 atom stereocenters. The van der Waals surface area contributed by atoms with Gasteiger partial charge in [0.2, 0.25) is 0 Å². The lowest BCUT2D eigenvalue weighted by Gasteiger charge is -2.14. The summed E-state index contributed by atoms with van der Waals surface area (Å²) in [5.74, 6) is 0.124. The molecule has 0 aliphatic heterocycles. The van der Waals surface area contributed by atoms with Crippen molar-refractivity contribution in [3.05, 3.63) is 83.6 Å². The van der Waals surface area contributed by atoms with E-state index >= 15 is 0 Å². The summed E-state index contributed by atoms with van der Waals surface area (Å²) in [5, 5.41) is 9.33. The Labute approximate surface area is 184 Å². The van der Waals surface area contributed by atoms with Crippen molar-refractivity contribution in [2.45, 2.75) is 24.9 Å². The smallest absolute Gasteiger partial charge is 0.387 e. The van der Waals surface area contributed by atoms with Crippen molar-refractivity contribution < 1.29 is 21.9 Å². The molecule has 164 valence electrons. The minimum absolute atomic E-state index is 0.124. The van der Waals surface area contributed by atoms with Crippen LogP contribution in [0.1, 0.15) is 16.8 Å². The van der Waals surface area contributed by atoms with Crippen LogP contribution in [0.15, 0.2) is 71.6 Å². The summed E-state index contributed by atoms with van der Waals surface area (Å²) in [6.45, 7) is -1.09. The minimum atomic E-state index is -3.28. The van der Waals surface area contributed by atoms with E-state index in [4.69, 9.17) is 0 Å². The molecule has 0 amide bonds. The van der Waals surface area contributed by atoms with Gasteiger partial charge in [-0.3, -0.25) is 0 Å². The van der Waals surface area contributed by atoms with Gasteiger partial charge in [0.1, 0.15) is 5.75 Å². The molecule has 1 heterocycles. The van der Waals surface area contributed by atoms with Crippen molar-refractivity contribution in [2.24, 2.45) is 0 Å². The summed E-state index contributed by atoms with van der Waals surface area (Å²) in [4.78, 5) is 0.250. The van der Waals surface area contributed by atoms with Gasteiger partial charge in [0.15, 0.2) is 9.84 Å². The van der Waals surface area contributed by atoms with E-state index in [1.54, 1.807) is 42.5 Å². The number of para-hydroxylation sites is 1. The first-order valence-corrected chi connectivity index (χ1v) is 11.7. The SMILES string of the molecule is Cc1nnc2ccc(-c3ccc(S(C)(=O)=O)cc3)cc2c1Cc1ccccc1OC(F)F. The number of hydrogen-bond acceptors (Lipinski definition) is 5. The molecule has 32 heavy (non-hydrogen) atoms. The molecule has 0 radical (unpaired) electrons. The highest BCUT2D eigenvalue weighted by atomic mass is 32.2. The number of sulfone groups is 1. The van der Waals surface area contributed by atoms with Crippen LogP contribution < -0.4 is 4.74 Å². The van der Waals surface area contributed by atoms with Crippen molar-refractivity contribution in [2.75, 3.05) is 6.26 Å². The Kier molecular flexibility index (Phi) is 5.88. The maximum atomic E-state index is 12.8. The Bertz CT molecular complexity index is 1390. The zero-order chi connectivity index (χ0) is 22.9. The Balaban J connectivity index is 1.78. The predicted molar refractivity (Wildman–Crippen MR) is 119 cm³/mol. The van der Waals surface area contributed by atoms with Crippen LogP contribution in [0, 0.1) is 6.92 Å². The Morgan fingerprint density at radius 2 is 1.62 bits per heavy atom. The monoisotopic (exact) mass is 454 g/mol. The predicted octanol–water partition coefficient (Wildman–Crippen LogP) is 5.20. The minimum Gasteiger partial charge on any atom is -0.435 e. The van der Waals surface area contributed by atoms with Crippen LogP contribution in [-0.4, -0.2) is 31.5 Å². The van der Waals surface area contributed by atoms with E-state index in [0.717, 1.165) is 22.1 Å². The van der Waals surface area contributed by atoms with E-state index in [9.17, 15) is 17.2 Å². The largest absolute Gasteiger partial charge is 0.435 e. The number of hydrogen-bond donors (Lipinski definition) is 0. The number of ether oxygens (including phenoxy) is 1. The number of alkyl halides is 2. The lowest BCUT2D eigenvalue weighted by Crippen LogP contribution is -2.06. The first kappa shape index (κ1) is 21.8. The lowest BCUT2D eigenvalue weighted by atomic mass is 9.96. The fourth-order valence-corrected chi connectivity index (χ4v) is 4.23. The van der Waals surface area contributed by atoms with Crippen molar-refractivity contribution in [3.63, 3.8) is 0 Å². The number of fused-ring (bicyclic) bond motifs is 1. The second kappa shape index (κ2) is 8.63. The number of halogens is 2. The first-order chi connectivity index (χ1) is 15.2. The third-order valence-electron chi connectivity index (χ3n) is 5.24. The van der Waals surface area contributed by atoms with E-state index in [2.05, 4.69) is 14.9 Å². The average molecular weight is 454 g/mol. The summed E-state index contributed by atoms with van der Waals surface area (Å²) >= 11 is 0. The molecule has 0 bridgehead atoms. The molecule has 8 heteroatoms. The summed E-state index contributed by atoms with van der Waals surface area (Å²) < 4.78 is 53.8. The molecule has 0 unspecified atom stereocenters. The molecule has 0 saturated carbocycles. The number of aromatic nitrogens is 2. The second-order valence-corrected chi connectivity index (χ2v) is 9.47. The summed E-state index contributed by atoms with van der Waals surface area (Å²) in [5.41, 5.74) is 4.57. The molecule has 5 nitrogen and oxygen atoms in total. The topological polar surface area (TPSA) is 69.2 Å². The number of aryl methyl sites for hydroxylation is 1. The van der Waals surface area contributed by atoms with E-state index in [-0.39, 0.29) is 10.6 Å². The molecule has 1 aromatic heterocycles. The molecular formula is C24H20F2N2O3S. The van der Waals surface area contributed by atoms with Crippen molar-refractivity contribution in [3.8, 4) is 16.9 Å². The van der Waals surface area contributed by atoms with Crippen molar-refractivity contribution >= 4 is 20.7 Å². The molecule has 0 aliphatic rings. The van der Waals surface area contributed by atoms with E-state index in [1.807, 2.05) is 25.1 Å². The van der Waals surface area contributed by atoms with Gasteiger partial charge in [-0.2, -0.15) is 19.0 Å². The summed E-state index contributed by atoms with van der Waals surface area (Å²) in [6.07, 6.45) is 1.51. The van der Waals surface area contributed by atoms with Crippen LogP contribution in [0.5, 0.6) is 5.75 Å². The van der Waals surface area contributed by atoms with E-state index in [1.165, 1.54) is 12.3 Å². The first-order valence-electron chi connectivity index (χ1n) is 9.81. The van der Waals surface area contributed by atoms with Crippen molar-refractivity contribution in [1.29, 1.82) is 0 Å². The summed E-state index contributed by atoms with van der Waals surface area (Å²) in [6, 6.07) is 19.0. The molecule has 0 fully saturated rings. The van der Waals surface area contributed by atoms with Gasteiger partial charge in [-0.15, -0.1) is 0 Å². The van der Waals surface area contributed by atoms with Gasteiger partial charge in [-0.05, 0) is 59.5 Å². The molecule has 0 spiro atoms. The fraction of sp³-hybridized carbons (Fsp3) is 0.167. The number of nitrogens with zero attached hydrogens (tertiary/aromatic N) is 2.